The quantitative estimate of drug-likeness (QED) is 0.582. The van der Waals surface area contributed by atoms with E-state index >= 15 is 0 Å². The van der Waals surface area contributed by atoms with Crippen molar-refractivity contribution in [2.24, 2.45) is 0 Å². The summed E-state index contributed by atoms with van der Waals surface area (Å²) in [5.74, 6) is -0.268. The standard InChI is InChI=1S/C20H18FN5O/c1-11-12(2)27-10-17-18(15-7-8-22-20-16(15)9-23-24-20)19(25-26(11)17)13-3-5-14(21)6-4-13/h3-9,11-12H,10H2,1-2H3,(H,22,23,24)/t11-,12+/m0/s1. The Morgan fingerprint density at radius 2 is 2.00 bits per heavy atom. The average Bonchev–Trinajstić information content (AvgIpc) is 3.30. The summed E-state index contributed by atoms with van der Waals surface area (Å²) in [5.41, 5.74) is 5.36. The number of aromatic nitrogens is 5. The molecule has 4 aromatic rings. The second-order valence-electron chi connectivity index (χ2n) is 6.87. The maximum atomic E-state index is 13.5. The Kier molecular flexibility index (Phi) is 3.58. The molecule has 0 spiro atoms. The lowest BCUT2D eigenvalue weighted by Crippen LogP contribution is -2.29. The van der Waals surface area contributed by atoms with Crippen LogP contribution in [-0.4, -0.2) is 31.1 Å². The van der Waals surface area contributed by atoms with E-state index in [1.54, 1.807) is 24.5 Å². The molecule has 5 rings (SSSR count). The molecule has 1 aromatic carbocycles. The summed E-state index contributed by atoms with van der Waals surface area (Å²) in [6.45, 7) is 4.61. The predicted octanol–water partition coefficient (Wildman–Crippen LogP) is 4.11. The zero-order valence-corrected chi connectivity index (χ0v) is 15.0. The Labute approximate surface area is 155 Å². The van der Waals surface area contributed by atoms with Crippen LogP contribution in [-0.2, 0) is 11.3 Å². The van der Waals surface area contributed by atoms with Crippen LogP contribution >= 0.6 is 0 Å². The molecule has 0 amide bonds. The van der Waals surface area contributed by atoms with E-state index in [1.165, 1.54) is 12.1 Å². The minimum Gasteiger partial charge on any atom is -0.370 e. The first-order valence-electron chi connectivity index (χ1n) is 8.91. The first kappa shape index (κ1) is 16.1. The first-order chi connectivity index (χ1) is 13.1. The molecule has 1 N–H and O–H groups in total. The lowest BCUT2D eigenvalue weighted by Gasteiger charge is -2.28. The number of hydrogen-bond donors (Lipinski definition) is 1. The van der Waals surface area contributed by atoms with Gasteiger partial charge in [-0.05, 0) is 49.7 Å². The highest BCUT2D eigenvalue weighted by molar-refractivity contribution is 5.97. The molecule has 2 atom stereocenters. The molecule has 0 bridgehead atoms. The number of nitrogens with one attached hydrogen (secondary N) is 1. The average molecular weight is 363 g/mol. The van der Waals surface area contributed by atoms with Gasteiger partial charge >= 0.3 is 0 Å². The van der Waals surface area contributed by atoms with Crippen molar-refractivity contribution in [3.8, 4) is 22.4 Å². The number of fused-ring (bicyclic) bond motifs is 2. The topological polar surface area (TPSA) is 68.6 Å². The lowest BCUT2D eigenvalue weighted by molar-refractivity contribution is -0.0101. The monoisotopic (exact) mass is 363 g/mol. The number of H-pyrrole nitrogens is 1. The van der Waals surface area contributed by atoms with Crippen molar-refractivity contribution < 1.29 is 9.13 Å². The number of benzene rings is 1. The van der Waals surface area contributed by atoms with Crippen molar-refractivity contribution in [3.05, 3.63) is 54.2 Å². The molecular formula is C20H18FN5O. The minimum absolute atomic E-state index is 0.0673. The molecule has 0 aliphatic carbocycles. The molecule has 27 heavy (non-hydrogen) atoms. The van der Waals surface area contributed by atoms with Gasteiger partial charge in [-0.3, -0.25) is 9.78 Å². The third-order valence-electron chi connectivity index (χ3n) is 5.30. The molecule has 4 heterocycles. The van der Waals surface area contributed by atoms with Crippen LogP contribution in [0.15, 0.2) is 42.7 Å². The van der Waals surface area contributed by atoms with Crippen LogP contribution in [0.25, 0.3) is 33.4 Å². The second kappa shape index (κ2) is 5.99. The summed E-state index contributed by atoms with van der Waals surface area (Å²) < 4.78 is 21.5. The van der Waals surface area contributed by atoms with Crippen LogP contribution in [0.4, 0.5) is 4.39 Å². The number of halogens is 1. The number of aromatic amines is 1. The van der Waals surface area contributed by atoms with E-state index in [2.05, 4.69) is 22.1 Å². The Balaban J connectivity index is 1.82. The zero-order chi connectivity index (χ0) is 18.5. The molecule has 7 heteroatoms. The van der Waals surface area contributed by atoms with Crippen LogP contribution in [0, 0.1) is 5.82 Å². The van der Waals surface area contributed by atoms with E-state index in [0.717, 1.165) is 39.1 Å². The van der Waals surface area contributed by atoms with Gasteiger partial charge in [-0.15, -0.1) is 0 Å². The van der Waals surface area contributed by atoms with Crippen molar-refractivity contribution in [2.45, 2.75) is 32.6 Å². The van der Waals surface area contributed by atoms with Gasteiger partial charge < -0.3 is 4.74 Å². The Bertz CT molecular complexity index is 1130. The van der Waals surface area contributed by atoms with Crippen molar-refractivity contribution in [1.82, 2.24) is 25.0 Å². The summed E-state index contributed by atoms with van der Waals surface area (Å²) in [6.07, 6.45) is 3.59. The van der Waals surface area contributed by atoms with E-state index in [1.807, 2.05) is 17.7 Å². The fourth-order valence-corrected chi connectivity index (χ4v) is 3.65. The van der Waals surface area contributed by atoms with Crippen LogP contribution in [0.1, 0.15) is 25.6 Å². The summed E-state index contributed by atoms with van der Waals surface area (Å²) in [6, 6.07) is 8.50. The van der Waals surface area contributed by atoms with Gasteiger partial charge in [0.15, 0.2) is 5.65 Å². The maximum Gasteiger partial charge on any atom is 0.155 e. The van der Waals surface area contributed by atoms with E-state index in [-0.39, 0.29) is 18.0 Å². The van der Waals surface area contributed by atoms with E-state index < -0.39 is 0 Å². The normalized spacial score (nSPS) is 19.4. The van der Waals surface area contributed by atoms with Crippen molar-refractivity contribution in [3.63, 3.8) is 0 Å². The Hall–Kier alpha value is -3.06. The summed E-state index contributed by atoms with van der Waals surface area (Å²) in [4.78, 5) is 4.34. The molecule has 1 aliphatic heterocycles. The number of pyridine rings is 1. The van der Waals surface area contributed by atoms with Crippen molar-refractivity contribution in [1.29, 1.82) is 0 Å². The second-order valence-corrected chi connectivity index (χ2v) is 6.87. The fraction of sp³-hybridized carbons (Fsp3) is 0.250. The highest BCUT2D eigenvalue weighted by atomic mass is 19.1. The highest BCUT2D eigenvalue weighted by Gasteiger charge is 2.30. The number of nitrogens with zero attached hydrogens (tertiary/aromatic N) is 4. The van der Waals surface area contributed by atoms with Gasteiger partial charge in [0, 0.05) is 22.7 Å². The van der Waals surface area contributed by atoms with Gasteiger partial charge in [-0.2, -0.15) is 10.2 Å². The van der Waals surface area contributed by atoms with Crippen LogP contribution in [0.5, 0.6) is 0 Å². The Morgan fingerprint density at radius 1 is 1.19 bits per heavy atom. The summed E-state index contributed by atoms with van der Waals surface area (Å²) in [7, 11) is 0. The first-order valence-corrected chi connectivity index (χ1v) is 8.91. The molecule has 0 saturated heterocycles. The van der Waals surface area contributed by atoms with E-state index in [9.17, 15) is 4.39 Å². The molecule has 3 aromatic heterocycles. The van der Waals surface area contributed by atoms with Gasteiger partial charge in [-0.1, -0.05) is 0 Å². The number of hydrogen-bond acceptors (Lipinski definition) is 4. The van der Waals surface area contributed by atoms with E-state index in [0.29, 0.717) is 6.61 Å². The van der Waals surface area contributed by atoms with Crippen LogP contribution < -0.4 is 0 Å². The van der Waals surface area contributed by atoms with Crippen LogP contribution in [0.3, 0.4) is 0 Å². The molecule has 0 saturated carbocycles. The third-order valence-corrected chi connectivity index (χ3v) is 5.30. The Morgan fingerprint density at radius 3 is 2.81 bits per heavy atom. The molecule has 6 nitrogen and oxygen atoms in total. The van der Waals surface area contributed by atoms with Gasteiger partial charge in [0.05, 0.1) is 30.6 Å². The van der Waals surface area contributed by atoms with Gasteiger partial charge in [-0.25, -0.2) is 9.37 Å². The molecule has 0 radical (unpaired) electrons. The lowest BCUT2D eigenvalue weighted by atomic mass is 9.97. The predicted molar refractivity (Wildman–Crippen MR) is 99.5 cm³/mol. The van der Waals surface area contributed by atoms with Gasteiger partial charge in [0.2, 0.25) is 0 Å². The highest BCUT2D eigenvalue weighted by Crippen LogP contribution is 2.41. The molecule has 0 fully saturated rings. The van der Waals surface area contributed by atoms with Crippen molar-refractivity contribution >= 4 is 11.0 Å². The van der Waals surface area contributed by atoms with Crippen LogP contribution in [0.2, 0.25) is 0 Å². The number of ether oxygens (including phenoxy) is 1. The summed E-state index contributed by atoms with van der Waals surface area (Å²) >= 11 is 0. The van der Waals surface area contributed by atoms with Gasteiger partial charge in [0.1, 0.15) is 11.5 Å². The molecule has 136 valence electrons. The zero-order valence-electron chi connectivity index (χ0n) is 15.0. The maximum absolute atomic E-state index is 13.5. The van der Waals surface area contributed by atoms with Gasteiger partial charge in [0.25, 0.3) is 0 Å². The number of rotatable bonds is 2. The summed E-state index contributed by atoms with van der Waals surface area (Å²) in [5, 5.41) is 12.9. The fourth-order valence-electron chi connectivity index (χ4n) is 3.65. The molecular weight excluding hydrogens is 345 g/mol. The smallest absolute Gasteiger partial charge is 0.155 e. The van der Waals surface area contributed by atoms with E-state index in [4.69, 9.17) is 9.84 Å². The van der Waals surface area contributed by atoms with Crippen molar-refractivity contribution in [2.75, 3.05) is 0 Å². The third kappa shape index (κ3) is 2.46. The molecule has 1 aliphatic rings. The SMILES string of the molecule is C[C@H]1OCc2c(-c3ccnc4[nH]ncc34)c(-c3ccc(F)cc3)nn2[C@H]1C. The minimum atomic E-state index is -0.268. The largest absolute Gasteiger partial charge is 0.370 e. The molecule has 0 unspecified atom stereocenters.